The van der Waals surface area contributed by atoms with E-state index in [2.05, 4.69) is 25.8 Å². The molecule has 0 spiro atoms. The number of rotatable bonds is 9. The lowest BCUT2D eigenvalue weighted by Crippen LogP contribution is -2.62. The van der Waals surface area contributed by atoms with Gasteiger partial charge in [0.1, 0.15) is 0 Å². The van der Waals surface area contributed by atoms with Crippen LogP contribution in [0.2, 0.25) is 0 Å². The molecule has 4 aliphatic carbocycles. The maximum Gasteiger partial charge on any atom is 0.266 e. The molecule has 11 atom stereocenters. The Morgan fingerprint density at radius 1 is 1.12 bits per heavy atom. The Morgan fingerprint density at radius 2 is 1.88 bits per heavy atom. The lowest BCUT2D eigenvalue weighted by molar-refractivity contribution is -0.207. The van der Waals surface area contributed by atoms with Crippen LogP contribution in [0.3, 0.4) is 0 Å². The molecule has 1 amide bonds. The Morgan fingerprint density at radius 3 is 2.57 bits per heavy atom. The van der Waals surface area contributed by atoms with E-state index in [1.807, 2.05) is 6.07 Å². The van der Waals surface area contributed by atoms with Gasteiger partial charge in [-0.3, -0.25) is 14.3 Å². The number of aliphatic hydroxyl groups excluding tert-OH is 3. The summed E-state index contributed by atoms with van der Waals surface area (Å²) in [6, 6.07) is 3.60. The van der Waals surface area contributed by atoms with Gasteiger partial charge in [0.15, 0.2) is 0 Å². The van der Waals surface area contributed by atoms with E-state index < -0.39 is 28.1 Å². The third kappa shape index (κ3) is 6.03. The summed E-state index contributed by atoms with van der Waals surface area (Å²) in [4.78, 5) is 18.9. The van der Waals surface area contributed by atoms with Crippen molar-refractivity contribution in [3.63, 3.8) is 0 Å². The second-order valence-corrected chi connectivity index (χ2v) is 16.1. The summed E-state index contributed by atoms with van der Waals surface area (Å²) >= 11 is 0. The quantitative estimate of drug-likeness (QED) is 0.311. The molecule has 42 heavy (non-hydrogen) atoms. The molecule has 4 saturated carbocycles. The van der Waals surface area contributed by atoms with Crippen molar-refractivity contribution >= 4 is 16.0 Å². The molecular formula is C32H50N2O7S. The highest BCUT2D eigenvalue weighted by Crippen LogP contribution is 2.68. The minimum absolute atomic E-state index is 0.0291. The van der Waals surface area contributed by atoms with E-state index in [0.29, 0.717) is 12.8 Å². The fourth-order valence-corrected chi connectivity index (χ4v) is 10.5. The number of aliphatic hydroxyl groups is 3. The first-order chi connectivity index (χ1) is 19.7. The highest BCUT2D eigenvalue weighted by molar-refractivity contribution is 7.85. The molecule has 4 N–H and O–H groups in total. The van der Waals surface area contributed by atoms with Crippen LogP contribution in [0.25, 0.3) is 0 Å². The average molecular weight is 607 g/mol. The lowest BCUT2D eigenvalue weighted by Gasteiger charge is -2.63. The van der Waals surface area contributed by atoms with Gasteiger partial charge in [-0.2, -0.15) is 8.42 Å². The van der Waals surface area contributed by atoms with Crippen molar-refractivity contribution < 1.29 is 33.1 Å². The molecule has 0 bridgehead atoms. The van der Waals surface area contributed by atoms with Crippen molar-refractivity contribution in [2.24, 2.45) is 46.3 Å². The predicted octanol–water partition coefficient (Wildman–Crippen LogP) is 3.68. The van der Waals surface area contributed by atoms with E-state index in [0.717, 1.165) is 44.1 Å². The van der Waals surface area contributed by atoms with Crippen molar-refractivity contribution in [2.75, 3.05) is 12.3 Å². The minimum atomic E-state index is -4.22. The van der Waals surface area contributed by atoms with Gasteiger partial charge in [0.05, 0.1) is 24.1 Å². The average Bonchev–Trinajstić information content (AvgIpc) is 3.29. The van der Waals surface area contributed by atoms with Crippen LogP contribution in [0.15, 0.2) is 24.5 Å². The van der Waals surface area contributed by atoms with Gasteiger partial charge in [-0.15, -0.1) is 0 Å². The number of hydrogen-bond donors (Lipinski definition) is 4. The van der Waals surface area contributed by atoms with Gasteiger partial charge >= 0.3 is 0 Å². The van der Waals surface area contributed by atoms with E-state index in [1.165, 1.54) is 4.90 Å². The zero-order valence-corrected chi connectivity index (χ0v) is 26.1. The van der Waals surface area contributed by atoms with Crippen molar-refractivity contribution in [1.82, 2.24) is 9.88 Å². The smallest absolute Gasteiger partial charge is 0.266 e. The number of aromatic nitrogens is 1. The Bertz CT molecular complexity index is 1210. The molecular weight excluding hydrogens is 556 g/mol. The topological polar surface area (TPSA) is 148 Å². The molecule has 1 aromatic rings. The van der Waals surface area contributed by atoms with Gasteiger partial charge < -0.3 is 20.2 Å². The molecule has 4 fully saturated rings. The molecule has 5 rings (SSSR count). The largest absolute Gasteiger partial charge is 0.393 e. The predicted molar refractivity (Wildman–Crippen MR) is 158 cm³/mol. The summed E-state index contributed by atoms with van der Waals surface area (Å²) in [5, 5.41) is 33.7. The van der Waals surface area contributed by atoms with Gasteiger partial charge in [0.2, 0.25) is 5.91 Å². The fraction of sp³-hybridized carbons (Fsp3) is 0.812. The Kier molecular flexibility index (Phi) is 9.14. The summed E-state index contributed by atoms with van der Waals surface area (Å²) in [6.07, 6.45) is 8.72. The summed E-state index contributed by atoms with van der Waals surface area (Å²) in [5.41, 5.74) is 0.471. The maximum atomic E-state index is 13.4. The van der Waals surface area contributed by atoms with Crippen molar-refractivity contribution in [1.29, 1.82) is 0 Å². The van der Waals surface area contributed by atoms with Gasteiger partial charge in [-0.25, -0.2) is 0 Å². The normalized spacial score (nSPS) is 40.5. The van der Waals surface area contributed by atoms with Crippen LogP contribution in [-0.4, -0.2) is 74.7 Å². The third-order valence-corrected chi connectivity index (χ3v) is 13.1. The molecule has 0 radical (unpaired) electrons. The van der Waals surface area contributed by atoms with Gasteiger partial charge in [-0.05, 0) is 109 Å². The van der Waals surface area contributed by atoms with E-state index >= 15 is 0 Å². The number of nitrogens with zero attached hydrogens (tertiary/aromatic N) is 2. The highest BCUT2D eigenvalue weighted by atomic mass is 32.2. The first-order valence-corrected chi connectivity index (χ1v) is 17.5. The zero-order chi connectivity index (χ0) is 30.4. The SMILES string of the molecule is CC(CCC(=O)N(CCS(=O)(=O)O)Cc1cccnc1)C1CCC2C3C(O)CC4CC(O)CCC4(C)C3CC(O)C12C. The molecule has 4 aliphatic rings. The molecule has 10 heteroatoms. The number of amides is 1. The van der Waals surface area contributed by atoms with Gasteiger partial charge in [-0.1, -0.05) is 26.8 Å². The minimum Gasteiger partial charge on any atom is -0.393 e. The summed E-state index contributed by atoms with van der Waals surface area (Å²) in [7, 11) is -4.22. The van der Waals surface area contributed by atoms with E-state index in [4.69, 9.17) is 0 Å². The molecule has 236 valence electrons. The fourth-order valence-electron chi connectivity index (χ4n) is 10.1. The number of hydrogen-bond acceptors (Lipinski definition) is 7. The molecule has 0 aromatic carbocycles. The van der Waals surface area contributed by atoms with Crippen molar-refractivity contribution in [3.8, 4) is 0 Å². The highest BCUT2D eigenvalue weighted by Gasteiger charge is 2.65. The van der Waals surface area contributed by atoms with Crippen LogP contribution in [0, 0.1) is 46.3 Å². The molecule has 0 aliphatic heterocycles. The number of carbonyl (C=O) groups is 1. The third-order valence-electron chi connectivity index (χ3n) is 12.4. The number of carbonyl (C=O) groups excluding carboxylic acids is 1. The number of fused-ring (bicyclic) bond motifs is 5. The van der Waals surface area contributed by atoms with Gasteiger partial charge in [0, 0.05) is 31.9 Å². The Balaban J connectivity index is 1.27. The molecule has 1 aromatic heterocycles. The molecule has 0 saturated heterocycles. The van der Waals surface area contributed by atoms with Crippen LogP contribution < -0.4 is 0 Å². The van der Waals surface area contributed by atoms with Crippen molar-refractivity contribution in [2.45, 2.75) is 103 Å². The van der Waals surface area contributed by atoms with Crippen LogP contribution in [0.1, 0.15) is 84.1 Å². The summed E-state index contributed by atoms with van der Waals surface area (Å²) in [5.74, 6) is 0.562. The number of pyridine rings is 1. The van der Waals surface area contributed by atoms with E-state index in [-0.39, 0.29) is 77.9 Å². The monoisotopic (exact) mass is 606 g/mol. The lowest BCUT2D eigenvalue weighted by atomic mass is 9.43. The molecule has 11 unspecified atom stereocenters. The molecule has 9 nitrogen and oxygen atoms in total. The van der Waals surface area contributed by atoms with E-state index in [9.17, 15) is 33.1 Å². The van der Waals surface area contributed by atoms with Crippen LogP contribution in [-0.2, 0) is 21.5 Å². The Labute approximate surface area is 250 Å². The standard InChI is InChI=1S/C32H50N2O7S/c1-20(6-9-29(38)34(13-14-42(39,40)41)19-21-5-4-12-33-18-21)24-7-8-25-30-26(17-28(37)32(24,25)3)31(2)11-10-23(35)15-22(31)16-27(30)36/h4-5,12,18,20,22-28,30,35-37H,6-11,13-17,19H2,1-3H3,(H,39,40,41). The summed E-state index contributed by atoms with van der Waals surface area (Å²) < 4.78 is 32.2. The Hall–Kier alpha value is -1.59. The zero-order valence-electron chi connectivity index (χ0n) is 25.3. The van der Waals surface area contributed by atoms with Gasteiger partial charge in [0.25, 0.3) is 10.1 Å². The van der Waals surface area contributed by atoms with E-state index in [1.54, 1.807) is 18.5 Å². The summed E-state index contributed by atoms with van der Waals surface area (Å²) in [6.45, 7) is 6.83. The second-order valence-electron chi connectivity index (χ2n) is 14.5. The maximum absolute atomic E-state index is 13.4. The first kappa shape index (κ1) is 31.8. The van der Waals surface area contributed by atoms with Crippen molar-refractivity contribution in [3.05, 3.63) is 30.1 Å². The van der Waals surface area contributed by atoms with Crippen LogP contribution in [0.5, 0.6) is 0 Å². The first-order valence-electron chi connectivity index (χ1n) is 15.9. The molecule has 1 heterocycles. The van der Waals surface area contributed by atoms with Crippen LogP contribution in [0.4, 0.5) is 0 Å². The second kappa shape index (κ2) is 12.1. The van der Waals surface area contributed by atoms with Crippen LogP contribution >= 0.6 is 0 Å².